The van der Waals surface area contributed by atoms with E-state index in [1.165, 1.54) is 24.5 Å². The number of hydrogen-bond acceptors (Lipinski definition) is 5. The summed E-state index contributed by atoms with van der Waals surface area (Å²) in [6.07, 6.45) is 3.49. The second kappa shape index (κ2) is 7.30. The number of aliphatic carboxylic acids is 1. The number of aromatic nitrogens is 2. The van der Waals surface area contributed by atoms with Crippen LogP contribution >= 0.6 is 0 Å². The van der Waals surface area contributed by atoms with Crippen molar-refractivity contribution in [3.8, 4) is 0 Å². The Morgan fingerprint density at radius 2 is 1.96 bits per heavy atom. The fraction of sp³-hybridized carbons (Fsp3) is 0.267. The molecular formula is C15H17N3O4S. The normalized spacial score (nSPS) is 12.7. The van der Waals surface area contributed by atoms with Gasteiger partial charge in [0.25, 0.3) is 0 Å². The lowest BCUT2D eigenvalue weighted by Gasteiger charge is -2.14. The van der Waals surface area contributed by atoms with Crippen LogP contribution in [-0.2, 0) is 27.7 Å². The molecule has 0 aliphatic rings. The highest BCUT2D eigenvalue weighted by molar-refractivity contribution is 7.89. The van der Waals surface area contributed by atoms with Gasteiger partial charge in [0.2, 0.25) is 10.0 Å². The van der Waals surface area contributed by atoms with Crippen LogP contribution in [0.5, 0.6) is 0 Å². The zero-order valence-corrected chi connectivity index (χ0v) is 13.3. The molecule has 2 aromatic rings. The van der Waals surface area contributed by atoms with Crippen LogP contribution in [0.4, 0.5) is 0 Å². The molecule has 122 valence electrons. The van der Waals surface area contributed by atoms with Crippen LogP contribution < -0.4 is 4.72 Å². The van der Waals surface area contributed by atoms with Crippen molar-refractivity contribution in [3.05, 3.63) is 54.1 Å². The highest BCUT2D eigenvalue weighted by atomic mass is 32.2. The summed E-state index contributed by atoms with van der Waals surface area (Å²) in [6.45, 7) is 1.91. The maximum atomic E-state index is 12.4. The van der Waals surface area contributed by atoms with E-state index in [-0.39, 0.29) is 17.1 Å². The van der Waals surface area contributed by atoms with Crippen molar-refractivity contribution in [2.24, 2.45) is 0 Å². The third kappa shape index (κ3) is 4.57. The summed E-state index contributed by atoms with van der Waals surface area (Å²) in [5.41, 5.74) is 0.853. The van der Waals surface area contributed by atoms with E-state index in [1.54, 1.807) is 12.1 Å². The Morgan fingerprint density at radius 1 is 1.26 bits per heavy atom. The minimum atomic E-state index is -3.94. The van der Waals surface area contributed by atoms with E-state index in [9.17, 15) is 18.3 Å². The molecule has 0 bridgehead atoms. The Hall–Kier alpha value is -2.32. The van der Waals surface area contributed by atoms with E-state index >= 15 is 0 Å². The first-order valence-corrected chi connectivity index (χ1v) is 8.50. The fourth-order valence-electron chi connectivity index (χ4n) is 1.99. The topological polar surface area (TPSA) is 109 Å². The number of carboxylic acids is 1. The Morgan fingerprint density at radius 3 is 2.57 bits per heavy atom. The van der Waals surface area contributed by atoms with Crippen LogP contribution in [0.15, 0.2) is 47.6 Å². The molecule has 0 aliphatic heterocycles. The number of carboxylic acid groups (broad SMARTS) is 1. The van der Waals surface area contributed by atoms with Gasteiger partial charge >= 0.3 is 5.97 Å². The summed E-state index contributed by atoms with van der Waals surface area (Å²) >= 11 is 0. The van der Waals surface area contributed by atoms with Crippen LogP contribution in [0.1, 0.15) is 18.3 Å². The number of nitrogens with one attached hydrogen (secondary N) is 1. The molecule has 0 aliphatic carbocycles. The molecule has 0 fully saturated rings. The van der Waals surface area contributed by atoms with Gasteiger partial charge in [-0.2, -0.15) is 4.72 Å². The summed E-state index contributed by atoms with van der Waals surface area (Å²) < 4.78 is 27.0. The Bertz CT molecular complexity index is 778. The molecular weight excluding hydrogens is 318 g/mol. The summed E-state index contributed by atoms with van der Waals surface area (Å²) in [5.74, 6) is -1.03. The van der Waals surface area contributed by atoms with Crippen LogP contribution in [0.2, 0.25) is 0 Å². The summed E-state index contributed by atoms with van der Waals surface area (Å²) in [6, 6.07) is 6.65. The van der Waals surface area contributed by atoms with Crippen LogP contribution in [0, 0.1) is 0 Å². The van der Waals surface area contributed by atoms with Gasteiger partial charge in [-0.1, -0.05) is 19.1 Å². The summed E-state index contributed by atoms with van der Waals surface area (Å²) in [7, 11) is -3.94. The number of rotatable bonds is 7. The molecule has 2 rings (SSSR count). The summed E-state index contributed by atoms with van der Waals surface area (Å²) in [5, 5.41) is 9.26. The number of aryl methyl sites for hydroxylation is 1. The predicted molar refractivity (Wildman–Crippen MR) is 83.3 cm³/mol. The van der Waals surface area contributed by atoms with E-state index in [1.807, 2.05) is 13.0 Å². The monoisotopic (exact) mass is 335 g/mol. The van der Waals surface area contributed by atoms with E-state index in [0.29, 0.717) is 6.42 Å². The van der Waals surface area contributed by atoms with Crippen molar-refractivity contribution in [1.82, 2.24) is 14.7 Å². The number of benzene rings is 1. The number of hydrogen-bond donors (Lipinski definition) is 2. The molecule has 1 heterocycles. The number of carbonyl (C=O) groups is 1. The SMILES string of the molecule is CCc1cccc(S(=O)(=O)NC(Cc2ncccn2)C(=O)O)c1. The maximum Gasteiger partial charge on any atom is 0.322 e. The van der Waals surface area contributed by atoms with E-state index in [4.69, 9.17) is 0 Å². The second-order valence-corrected chi connectivity index (χ2v) is 6.60. The third-order valence-electron chi connectivity index (χ3n) is 3.22. The minimum absolute atomic E-state index is 0.0390. The Balaban J connectivity index is 2.22. The van der Waals surface area contributed by atoms with Gasteiger partial charge < -0.3 is 5.11 Å². The first kappa shape index (κ1) is 17.0. The van der Waals surface area contributed by atoms with Crippen molar-refractivity contribution in [3.63, 3.8) is 0 Å². The molecule has 1 aromatic carbocycles. The number of nitrogens with zero attached hydrogens (tertiary/aromatic N) is 2. The van der Waals surface area contributed by atoms with Gasteiger partial charge in [0, 0.05) is 18.8 Å². The molecule has 2 N–H and O–H groups in total. The quantitative estimate of drug-likeness (QED) is 0.781. The van der Waals surface area contributed by atoms with Crippen molar-refractivity contribution in [2.75, 3.05) is 0 Å². The molecule has 0 saturated carbocycles. The zero-order chi connectivity index (χ0) is 16.9. The molecule has 0 spiro atoms. The summed E-state index contributed by atoms with van der Waals surface area (Å²) in [4.78, 5) is 19.2. The van der Waals surface area contributed by atoms with Gasteiger partial charge in [-0.15, -0.1) is 0 Å². The predicted octanol–water partition coefficient (Wildman–Crippen LogP) is 1.01. The van der Waals surface area contributed by atoms with Gasteiger partial charge in [-0.25, -0.2) is 18.4 Å². The lowest BCUT2D eigenvalue weighted by Crippen LogP contribution is -2.42. The molecule has 1 unspecified atom stereocenters. The van der Waals surface area contributed by atoms with Crippen LogP contribution in [0.3, 0.4) is 0 Å². The molecule has 0 radical (unpaired) electrons. The highest BCUT2D eigenvalue weighted by Crippen LogP contribution is 2.13. The average molecular weight is 335 g/mol. The minimum Gasteiger partial charge on any atom is -0.480 e. The van der Waals surface area contributed by atoms with Gasteiger partial charge in [-0.3, -0.25) is 4.79 Å². The highest BCUT2D eigenvalue weighted by Gasteiger charge is 2.26. The van der Waals surface area contributed by atoms with Gasteiger partial charge in [0.15, 0.2) is 0 Å². The molecule has 8 heteroatoms. The van der Waals surface area contributed by atoms with Gasteiger partial charge in [0.05, 0.1) is 4.90 Å². The van der Waals surface area contributed by atoms with E-state index < -0.39 is 22.0 Å². The van der Waals surface area contributed by atoms with Crippen molar-refractivity contribution in [1.29, 1.82) is 0 Å². The fourth-order valence-corrected chi connectivity index (χ4v) is 3.24. The first-order valence-electron chi connectivity index (χ1n) is 7.02. The van der Waals surface area contributed by atoms with Crippen molar-refractivity contribution >= 4 is 16.0 Å². The standard InChI is InChI=1S/C15H17N3O4S/c1-2-11-5-3-6-12(9-11)23(21,22)18-13(15(19)20)10-14-16-7-4-8-17-14/h3-9,13,18H,2,10H2,1H3,(H,19,20). The van der Waals surface area contributed by atoms with E-state index in [0.717, 1.165) is 5.56 Å². The van der Waals surface area contributed by atoms with Crippen LogP contribution in [0.25, 0.3) is 0 Å². The largest absolute Gasteiger partial charge is 0.480 e. The van der Waals surface area contributed by atoms with Gasteiger partial charge in [0.1, 0.15) is 11.9 Å². The molecule has 7 nitrogen and oxygen atoms in total. The molecule has 1 aromatic heterocycles. The lowest BCUT2D eigenvalue weighted by molar-refractivity contribution is -0.138. The lowest BCUT2D eigenvalue weighted by atomic mass is 10.2. The molecule has 1 atom stereocenters. The van der Waals surface area contributed by atoms with E-state index in [2.05, 4.69) is 14.7 Å². The van der Waals surface area contributed by atoms with Crippen molar-refractivity contribution < 1.29 is 18.3 Å². The zero-order valence-electron chi connectivity index (χ0n) is 12.5. The average Bonchev–Trinajstić information content (AvgIpc) is 2.55. The van der Waals surface area contributed by atoms with Crippen molar-refractivity contribution in [2.45, 2.75) is 30.7 Å². The molecule has 23 heavy (non-hydrogen) atoms. The maximum absolute atomic E-state index is 12.4. The number of sulfonamides is 1. The molecule has 0 saturated heterocycles. The smallest absolute Gasteiger partial charge is 0.322 e. The first-order chi connectivity index (χ1) is 10.9. The molecule has 0 amide bonds. The Kier molecular flexibility index (Phi) is 5.41. The Labute approximate surface area is 134 Å². The van der Waals surface area contributed by atoms with Crippen LogP contribution in [-0.4, -0.2) is 35.5 Å². The van der Waals surface area contributed by atoms with Gasteiger partial charge in [-0.05, 0) is 30.2 Å². The third-order valence-corrected chi connectivity index (χ3v) is 4.69. The second-order valence-electron chi connectivity index (χ2n) is 4.88.